The number of urea groups is 1. The third-order valence-corrected chi connectivity index (χ3v) is 5.67. The minimum Gasteiger partial charge on any atom is -0.488 e. The Morgan fingerprint density at radius 1 is 1.09 bits per heavy atom. The van der Waals surface area contributed by atoms with Gasteiger partial charge < -0.3 is 15.4 Å². The maximum atomic E-state index is 13.1. The van der Waals surface area contributed by atoms with E-state index in [1.807, 2.05) is 19.1 Å². The van der Waals surface area contributed by atoms with Crippen molar-refractivity contribution in [1.29, 1.82) is 0 Å². The number of hydrogen-bond acceptors (Lipinski definition) is 4. The van der Waals surface area contributed by atoms with Crippen molar-refractivity contribution in [3.8, 4) is 5.75 Å². The predicted octanol–water partition coefficient (Wildman–Crippen LogP) is 5.01. The molecular formula is C26H21BrFN3O4. The zero-order valence-corrected chi connectivity index (χ0v) is 20.3. The van der Waals surface area contributed by atoms with E-state index in [2.05, 4.69) is 26.6 Å². The van der Waals surface area contributed by atoms with Crippen LogP contribution in [0.2, 0.25) is 0 Å². The smallest absolute Gasteiger partial charge is 0.329 e. The second kappa shape index (κ2) is 10.5. The highest BCUT2D eigenvalue weighted by atomic mass is 79.9. The Kier molecular flexibility index (Phi) is 7.26. The molecule has 1 saturated heterocycles. The maximum absolute atomic E-state index is 13.1. The lowest BCUT2D eigenvalue weighted by atomic mass is 10.1. The molecule has 4 rings (SSSR count). The van der Waals surface area contributed by atoms with Gasteiger partial charge in [0.05, 0.1) is 0 Å². The highest BCUT2D eigenvalue weighted by Gasteiger charge is 2.35. The lowest BCUT2D eigenvalue weighted by Crippen LogP contribution is -2.38. The molecule has 0 atom stereocenters. The van der Waals surface area contributed by atoms with Crippen molar-refractivity contribution in [3.63, 3.8) is 0 Å². The number of carbonyl (C=O) groups excluding carboxylic acids is 3. The number of ether oxygens (including phenoxy) is 1. The Labute approximate surface area is 209 Å². The highest BCUT2D eigenvalue weighted by molar-refractivity contribution is 9.10. The first kappa shape index (κ1) is 24.2. The number of nitrogens with one attached hydrogen (secondary N) is 2. The fraction of sp³-hybridized carbons (Fsp3) is 0.115. The molecule has 2 N–H and O–H groups in total. The van der Waals surface area contributed by atoms with Gasteiger partial charge in [-0.05, 0) is 61.0 Å². The van der Waals surface area contributed by atoms with Gasteiger partial charge in [0, 0.05) is 15.7 Å². The first-order valence-corrected chi connectivity index (χ1v) is 11.5. The number of anilines is 1. The van der Waals surface area contributed by atoms with Crippen LogP contribution in [0.15, 0.2) is 76.9 Å². The molecule has 1 aliphatic rings. The van der Waals surface area contributed by atoms with Crippen molar-refractivity contribution >= 4 is 45.5 Å². The number of imide groups is 1. The summed E-state index contributed by atoms with van der Waals surface area (Å²) >= 11 is 3.40. The molecule has 4 amide bonds. The van der Waals surface area contributed by atoms with Crippen molar-refractivity contribution in [2.45, 2.75) is 13.5 Å². The molecule has 1 aliphatic heterocycles. The number of hydrogen-bond donors (Lipinski definition) is 2. The third kappa shape index (κ3) is 6.13. The monoisotopic (exact) mass is 537 g/mol. The fourth-order valence-corrected chi connectivity index (χ4v) is 3.74. The van der Waals surface area contributed by atoms with Gasteiger partial charge in [0.25, 0.3) is 5.91 Å². The van der Waals surface area contributed by atoms with Gasteiger partial charge in [-0.3, -0.25) is 9.59 Å². The highest BCUT2D eigenvalue weighted by Crippen LogP contribution is 2.27. The van der Waals surface area contributed by atoms with E-state index in [0.29, 0.717) is 17.0 Å². The zero-order valence-electron chi connectivity index (χ0n) is 18.7. The summed E-state index contributed by atoms with van der Waals surface area (Å²) in [5, 5.41) is 5.18. The predicted molar refractivity (Wildman–Crippen MR) is 133 cm³/mol. The van der Waals surface area contributed by atoms with E-state index < -0.39 is 24.4 Å². The fourth-order valence-electron chi connectivity index (χ4n) is 3.36. The summed E-state index contributed by atoms with van der Waals surface area (Å²) in [5.74, 6) is -0.999. The number of rotatable bonds is 7. The van der Waals surface area contributed by atoms with Crippen molar-refractivity contribution in [2.75, 3.05) is 11.9 Å². The minimum absolute atomic E-state index is 0.0165. The molecule has 0 unspecified atom stereocenters. The summed E-state index contributed by atoms with van der Waals surface area (Å²) in [4.78, 5) is 38.5. The molecule has 0 saturated carbocycles. The molecule has 0 spiro atoms. The van der Waals surface area contributed by atoms with E-state index in [1.54, 1.807) is 42.5 Å². The summed E-state index contributed by atoms with van der Waals surface area (Å²) < 4.78 is 19.7. The Morgan fingerprint density at radius 3 is 2.51 bits per heavy atom. The summed E-state index contributed by atoms with van der Waals surface area (Å²) in [6.45, 7) is 1.68. The molecule has 35 heavy (non-hydrogen) atoms. The van der Waals surface area contributed by atoms with Crippen LogP contribution < -0.4 is 15.4 Å². The quantitative estimate of drug-likeness (QED) is 0.327. The summed E-state index contributed by atoms with van der Waals surface area (Å²) in [7, 11) is 0. The topological polar surface area (TPSA) is 87.7 Å². The Balaban J connectivity index is 1.47. The van der Waals surface area contributed by atoms with Crippen LogP contribution in [0.1, 0.15) is 16.7 Å². The largest absolute Gasteiger partial charge is 0.488 e. The number of nitrogens with zero attached hydrogens (tertiary/aromatic N) is 1. The van der Waals surface area contributed by atoms with Crippen LogP contribution in [-0.4, -0.2) is 29.3 Å². The van der Waals surface area contributed by atoms with E-state index in [-0.39, 0.29) is 18.1 Å². The van der Waals surface area contributed by atoms with E-state index >= 15 is 0 Å². The summed E-state index contributed by atoms with van der Waals surface area (Å²) in [5.41, 5.74) is 2.93. The van der Waals surface area contributed by atoms with Crippen LogP contribution in [0, 0.1) is 12.7 Å². The standard InChI is InChI=1S/C26H21BrFN3O4/c1-16-2-9-21(10-3-16)29-24(32)14-31-25(33)22(30-26(31)34)13-18-12-19(27)6-11-23(18)35-15-17-4-7-20(28)8-5-17/h2-13H,14-15H2,1H3,(H,29,32)(H,30,34)/b22-13+. The molecule has 7 nitrogen and oxygen atoms in total. The van der Waals surface area contributed by atoms with Crippen molar-refractivity contribution in [3.05, 3.63) is 99.4 Å². The SMILES string of the molecule is Cc1ccc(NC(=O)CN2C(=O)N/C(=C/c3cc(Br)ccc3OCc3ccc(F)cc3)C2=O)cc1. The van der Waals surface area contributed by atoms with Crippen LogP contribution >= 0.6 is 15.9 Å². The Hall–Kier alpha value is -3.98. The van der Waals surface area contributed by atoms with Gasteiger partial charge >= 0.3 is 6.03 Å². The van der Waals surface area contributed by atoms with Gasteiger partial charge in [0.15, 0.2) is 0 Å². The van der Waals surface area contributed by atoms with Crippen LogP contribution in [0.25, 0.3) is 6.08 Å². The normalized spacial score (nSPS) is 14.3. The third-order valence-electron chi connectivity index (χ3n) is 5.18. The van der Waals surface area contributed by atoms with Gasteiger partial charge in [-0.1, -0.05) is 45.8 Å². The first-order chi connectivity index (χ1) is 16.8. The number of halogens is 2. The first-order valence-electron chi connectivity index (χ1n) is 10.7. The molecule has 0 aliphatic carbocycles. The van der Waals surface area contributed by atoms with Crippen LogP contribution in [0.5, 0.6) is 5.75 Å². The number of carbonyl (C=O) groups is 3. The second-order valence-corrected chi connectivity index (χ2v) is 8.81. The lowest BCUT2D eigenvalue weighted by Gasteiger charge is -2.12. The number of aryl methyl sites for hydroxylation is 1. The van der Waals surface area contributed by atoms with Gasteiger partial charge in [-0.25, -0.2) is 14.1 Å². The van der Waals surface area contributed by atoms with Crippen molar-refractivity contribution in [2.24, 2.45) is 0 Å². The van der Waals surface area contributed by atoms with Gasteiger partial charge in [-0.15, -0.1) is 0 Å². The molecule has 1 fully saturated rings. The minimum atomic E-state index is -0.691. The lowest BCUT2D eigenvalue weighted by molar-refractivity contribution is -0.127. The average molecular weight is 538 g/mol. The van der Waals surface area contributed by atoms with E-state index in [1.165, 1.54) is 18.2 Å². The molecule has 1 heterocycles. The second-order valence-electron chi connectivity index (χ2n) is 7.89. The zero-order chi connectivity index (χ0) is 24.9. The van der Waals surface area contributed by atoms with Gasteiger partial charge in [0.1, 0.15) is 30.4 Å². The van der Waals surface area contributed by atoms with Crippen LogP contribution in [0.3, 0.4) is 0 Å². The van der Waals surface area contributed by atoms with Crippen molar-refractivity contribution < 1.29 is 23.5 Å². The molecule has 3 aromatic carbocycles. The summed E-state index contributed by atoms with van der Waals surface area (Å²) in [6, 6.07) is 17.6. The molecular weight excluding hydrogens is 517 g/mol. The Morgan fingerprint density at radius 2 is 1.80 bits per heavy atom. The average Bonchev–Trinajstić information content (AvgIpc) is 3.08. The number of amides is 4. The van der Waals surface area contributed by atoms with E-state index in [9.17, 15) is 18.8 Å². The maximum Gasteiger partial charge on any atom is 0.329 e. The van der Waals surface area contributed by atoms with E-state index in [0.717, 1.165) is 20.5 Å². The van der Waals surface area contributed by atoms with Crippen molar-refractivity contribution in [1.82, 2.24) is 10.2 Å². The Bertz CT molecular complexity index is 1310. The molecule has 0 aromatic heterocycles. The molecule has 0 bridgehead atoms. The van der Waals surface area contributed by atoms with Crippen LogP contribution in [0.4, 0.5) is 14.9 Å². The molecule has 0 radical (unpaired) electrons. The molecule has 9 heteroatoms. The van der Waals surface area contributed by atoms with Crippen LogP contribution in [-0.2, 0) is 16.2 Å². The molecule has 3 aromatic rings. The molecule has 178 valence electrons. The van der Waals surface area contributed by atoms with E-state index in [4.69, 9.17) is 4.74 Å². The summed E-state index contributed by atoms with van der Waals surface area (Å²) in [6.07, 6.45) is 1.49. The van der Waals surface area contributed by atoms with Gasteiger partial charge in [-0.2, -0.15) is 0 Å². The van der Waals surface area contributed by atoms with Gasteiger partial charge in [0.2, 0.25) is 5.91 Å². The number of benzene rings is 3.